The van der Waals surface area contributed by atoms with Gasteiger partial charge in [-0.15, -0.1) is 11.3 Å². The van der Waals surface area contributed by atoms with Crippen molar-refractivity contribution < 1.29 is 4.39 Å². The van der Waals surface area contributed by atoms with Crippen LogP contribution < -0.4 is 11.1 Å². The molecule has 0 bridgehead atoms. The van der Waals surface area contributed by atoms with Gasteiger partial charge in [0.05, 0.1) is 0 Å². The van der Waals surface area contributed by atoms with Crippen molar-refractivity contribution in [3.05, 3.63) is 53.7 Å². The van der Waals surface area contributed by atoms with E-state index in [0.29, 0.717) is 11.4 Å². The summed E-state index contributed by atoms with van der Waals surface area (Å²) in [5, 5.41) is 6.38. The van der Waals surface area contributed by atoms with Gasteiger partial charge in [0.1, 0.15) is 5.82 Å². The maximum atomic E-state index is 13.2. The van der Waals surface area contributed by atoms with Crippen molar-refractivity contribution in [2.24, 2.45) is 0 Å². The highest BCUT2D eigenvalue weighted by molar-refractivity contribution is 7.17. The number of rotatable bonds is 2. The summed E-state index contributed by atoms with van der Waals surface area (Å²) in [6.45, 7) is 0. The summed E-state index contributed by atoms with van der Waals surface area (Å²) in [6, 6.07) is 12.5. The van der Waals surface area contributed by atoms with Crippen LogP contribution in [0.25, 0.3) is 10.1 Å². The highest BCUT2D eigenvalue weighted by atomic mass is 32.1. The van der Waals surface area contributed by atoms with Gasteiger partial charge < -0.3 is 11.1 Å². The normalized spacial score (nSPS) is 10.7. The molecule has 1 aromatic heterocycles. The second-order valence-corrected chi connectivity index (χ2v) is 5.02. The summed E-state index contributed by atoms with van der Waals surface area (Å²) < 4.78 is 14.5. The van der Waals surface area contributed by atoms with Crippen molar-refractivity contribution >= 4 is 38.5 Å². The molecule has 4 heteroatoms. The van der Waals surface area contributed by atoms with Gasteiger partial charge in [-0.3, -0.25) is 0 Å². The fraction of sp³-hybridized carbons (Fsp3) is 0. The molecule has 3 aromatic rings. The first-order valence-electron chi connectivity index (χ1n) is 5.51. The molecular weight excluding hydrogens is 247 g/mol. The Labute approximate surface area is 108 Å². The number of fused-ring (bicyclic) bond motifs is 1. The van der Waals surface area contributed by atoms with Gasteiger partial charge in [-0.05, 0) is 53.2 Å². The summed E-state index contributed by atoms with van der Waals surface area (Å²) in [5.74, 6) is -0.339. The fourth-order valence-corrected chi connectivity index (χ4v) is 2.67. The quantitative estimate of drug-likeness (QED) is 0.670. The van der Waals surface area contributed by atoms with E-state index in [0.717, 1.165) is 5.69 Å². The summed E-state index contributed by atoms with van der Waals surface area (Å²) in [6.07, 6.45) is 0. The van der Waals surface area contributed by atoms with Gasteiger partial charge in [-0.2, -0.15) is 0 Å². The topological polar surface area (TPSA) is 38.0 Å². The van der Waals surface area contributed by atoms with Crippen LogP contribution in [0.15, 0.2) is 47.8 Å². The largest absolute Gasteiger partial charge is 0.399 e. The third-order valence-corrected chi connectivity index (χ3v) is 3.56. The molecule has 0 aliphatic rings. The van der Waals surface area contributed by atoms with Crippen LogP contribution in [0, 0.1) is 5.82 Å². The maximum Gasteiger partial charge on any atom is 0.127 e. The van der Waals surface area contributed by atoms with Crippen molar-refractivity contribution in [3.63, 3.8) is 0 Å². The Morgan fingerprint density at radius 3 is 2.72 bits per heavy atom. The number of hydrogen-bond acceptors (Lipinski definition) is 3. The van der Waals surface area contributed by atoms with Crippen molar-refractivity contribution in [3.8, 4) is 0 Å². The SMILES string of the molecule is Nc1cc(F)cc(Nc2ccc3sccc3c2)c1. The molecule has 0 saturated carbocycles. The van der Waals surface area contributed by atoms with E-state index >= 15 is 0 Å². The predicted octanol–water partition coefficient (Wildman–Crippen LogP) is 4.37. The summed E-state index contributed by atoms with van der Waals surface area (Å²) in [7, 11) is 0. The third kappa shape index (κ3) is 2.15. The van der Waals surface area contributed by atoms with E-state index in [1.807, 2.05) is 18.2 Å². The average Bonchev–Trinajstić information content (AvgIpc) is 2.74. The number of anilines is 3. The number of nitrogen functional groups attached to an aromatic ring is 1. The van der Waals surface area contributed by atoms with E-state index in [2.05, 4.69) is 16.8 Å². The molecule has 0 atom stereocenters. The number of thiophene rings is 1. The van der Waals surface area contributed by atoms with Crippen LogP contribution in [0.5, 0.6) is 0 Å². The van der Waals surface area contributed by atoms with Crippen LogP contribution in [0.3, 0.4) is 0 Å². The monoisotopic (exact) mass is 258 g/mol. The lowest BCUT2D eigenvalue weighted by atomic mass is 10.2. The zero-order chi connectivity index (χ0) is 12.5. The molecule has 0 saturated heterocycles. The number of nitrogens with one attached hydrogen (secondary N) is 1. The van der Waals surface area contributed by atoms with E-state index in [-0.39, 0.29) is 5.82 Å². The lowest BCUT2D eigenvalue weighted by Crippen LogP contribution is -1.93. The molecule has 3 N–H and O–H groups in total. The number of halogens is 1. The average molecular weight is 258 g/mol. The first-order chi connectivity index (χ1) is 8.70. The molecule has 0 aliphatic heterocycles. The second kappa shape index (κ2) is 4.31. The Kier molecular flexibility index (Phi) is 2.64. The first kappa shape index (κ1) is 11.0. The minimum Gasteiger partial charge on any atom is -0.399 e. The number of benzene rings is 2. The van der Waals surface area contributed by atoms with Gasteiger partial charge in [0.25, 0.3) is 0 Å². The van der Waals surface area contributed by atoms with Crippen molar-refractivity contribution in [1.29, 1.82) is 0 Å². The molecular formula is C14H11FN2S. The zero-order valence-electron chi connectivity index (χ0n) is 9.48. The first-order valence-corrected chi connectivity index (χ1v) is 6.39. The van der Waals surface area contributed by atoms with Crippen LogP contribution in [0.2, 0.25) is 0 Å². The van der Waals surface area contributed by atoms with E-state index in [1.54, 1.807) is 17.4 Å². The molecule has 1 heterocycles. The summed E-state index contributed by atoms with van der Waals surface area (Å²) in [5.41, 5.74) is 7.60. The molecule has 0 spiro atoms. The second-order valence-electron chi connectivity index (χ2n) is 4.07. The Bertz CT molecular complexity index is 686. The third-order valence-electron chi connectivity index (χ3n) is 2.66. The number of hydrogen-bond donors (Lipinski definition) is 2. The lowest BCUT2D eigenvalue weighted by molar-refractivity contribution is 0.629. The van der Waals surface area contributed by atoms with E-state index in [1.165, 1.54) is 22.2 Å². The highest BCUT2D eigenvalue weighted by Gasteiger charge is 2.01. The molecule has 0 amide bonds. The molecule has 90 valence electrons. The van der Waals surface area contributed by atoms with E-state index in [4.69, 9.17) is 5.73 Å². The molecule has 18 heavy (non-hydrogen) atoms. The standard InChI is InChI=1S/C14H11FN2S/c15-10-6-11(16)8-13(7-10)17-12-1-2-14-9(5-12)3-4-18-14/h1-8,17H,16H2. The van der Waals surface area contributed by atoms with E-state index < -0.39 is 0 Å². The minimum atomic E-state index is -0.339. The maximum absolute atomic E-state index is 13.2. The Balaban J connectivity index is 1.95. The number of nitrogens with two attached hydrogens (primary N) is 1. The molecule has 0 fully saturated rings. The van der Waals surface area contributed by atoms with Crippen molar-refractivity contribution in [2.75, 3.05) is 11.1 Å². The molecule has 2 aromatic carbocycles. The molecule has 2 nitrogen and oxygen atoms in total. The van der Waals surface area contributed by atoms with Crippen LogP contribution in [-0.4, -0.2) is 0 Å². The Hall–Kier alpha value is -2.07. The van der Waals surface area contributed by atoms with Gasteiger partial charge in [0.2, 0.25) is 0 Å². The molecule has 0 radical (unpaired) electrons. The molecule has 0 unspecified atom stereocenters. The lowest BCUT2D eigenvalue weighted by Gasteiger charge is -2.07. The van der Waals surface area contributed by atoms with Crippen LogP contribution in [-0.2, 0) is 0 Å². The smallest absolute Gasteiger partial charge is 0.127 e. The van der Waals surface area contributed by atoms with Gasteiger partial charge >= 0.3 is 0 Å². The van der Waals surface area contributed by atoms with Gasteiger partial charge in [-0.1, -0.05) is 0 Å². The summed E-state index contributed by atoms with van der Waals surface area (Å²) >= 11 is 1.70. The van der Waals surface area contributed by atoms with Gasteiger partial charge in [-0.25, -0.2) is 4.39 Å². The van der Waals surface area contributed by atoms with Crippen LogP contribution in [0.1, 0.15) is 0 Å². The molecule has 3 rings (SSSR count). The zero-order valence-corrected chi connectivity index (χ0v) is 10.3. The van der Waals surface area contributed by atoms with E-state index in [9.17, 15) is 4.39 Å². The Morgan fingerprint density at radius 1 is 1.00 bits per heavy atom. The van der Waals surface area contributed by atoms with Gasteiger partial charge in [0.15, 0.2) is 0 Å². The summed E-state index contributed by atoms with van der Waals surface area (Å²) in [4.78, 5) is 0. The Morgan fingerprint density at radius 2 is 1.89 bits per heavy atom. The van der Waals surface area contributed by atoms with Crippen molar-refractivity contribution in [2.45, 2.75) is 0 Å². The predicted molar refractivity (Wildman–Crippen MR) is 75.9 cm³/mol. The van der Waals surface area contributed by atoms with Crippen LogP contribution in [0.4, 0.5) is 21.5 Å². The highest BCUT2D eigenvalue weighted by Crippen LogP contribution is 2.26. The molecule has 0 aliphatic carbocycles. The minimum absolute atomic E-state index is 0.339. The van der Waals surface area contributed by atoms with Crippen LogP contribution >= 0.6 is 11.3 Å². The fourth-order valence-electron chi connectivity index (χ4n) is 1.90. The van der Waals surface area contributed by atoms with Gasteiger partial charge in [0, 0.05) is 21.8 Å². The van der Waals surface area contributed by atoms with Crippen molar-refractivity contribution in [1.82, 2.24) is 0 Å².